The van der Waals surface area contributed by atoms with Crippen molar-refractivity contribution in [2.45, 2.75) is 34.1 Å². The molecule has 0 aromatic heterocycles. The summed E-state index contributed by atoms with van der Waals surface area (Å²) in [7, 11) is 0. The van der Waals surface area contributed by atoms with Gasteiger partial charge in [0.15, 0.2) is 5.84 Å². The summed E-state index contributed by atoms with van der Waals surface area (Å²) < 4.78 is 5.41. The van der Waals surface area contributed by atoms with E-state index in [0.29, 0.717) is 19.1 Å². The average Bonchev–Trinajstić information content (AvgIpc) is 2.32. The second-order valence-electron chi connectivity index (χ2n) is 5.36. The fourth-order valence-electron chi connectivity index (χ4n) is 1.66. The Morgan fingerprint density at radius 3 is 2.47 bits per heavy atom. The molecule has 0 rings (SSSR count). The summed E-state index contributed by atoms with van der Waals surface area (Å²) in [5.74, 6) is -0.368. The minimum absolute atomic E-state index is 0.0203. The molecule has 0 aromatic rings. The third-order valence-electron chi connectivity index (χ3n) is 2.60. The molecule has 1 atom stereocenters. The molecule has 0 saturated carbocycles. The third-order valence-corrected chi connectivity index (χ3v) is 2.60. The van der Waals surface area contributed by atoms with Crippen molar-refractivity contribution in [3.05, 3.63) is 0 Å². The van der Waals surface area contributed by atoms with Gasteiger partial charge in [0, 0.05) is 19.8 Å². The molecule has 19 heavy (non-hydrogen) atoms. The summed E-state index contributed by atoms with van der Waals surface area (Å²) in [6.45, 7) is 9.76. The maximum absolute atomic E-state index is 11.9. The van der Waals surface area contributed by atoms with Gasteiger partial charge in [0.2, 0.25) is 5.91 Å². The molecule has 0 aromatic carbocycles. The summed E-state index contributed by atoms with van der Waals surface area (Å²) >= 11 is 0. The molecule has 0 aliphatic rings. The van der Waals surface area contributed by atoms with Crippen molar-refractivity contribution in [1.82, 2.24) is 5.32 Å². The molecule has 6 nitrogen and oxygen atoms in total. The van der Waals surface area contributed by atoms with Crippen LogP contribution in [0.25, 0.3) is 0 Å². The summed E-state index contributed by atoms with van der Waals surface area (Å²) in [5, 5.41) is 14.4. The number of ether oxygens (including phenoxy) is 1. The Balaban J connectivity index is 3.95. The van der Waals surface area contributed by atoms with Crippen LogP contribution in [0.4, 0.5) is 0 Å². The topological polar surface area (TPSA) is 96.9 Å². The first-order chi connectivity index (χ1) is 8.90. The molecule has 0 heterocycles. The number of hydrogen-bond acceptors (Lipinski definition) is 4. The Labute approximate surface area is 115 Å². The lowest BCUT2D eigenvalue weighted by Gasteiger charge is -2.18. The van der Waals surface area contributed by atoms with Crippen LogP contribution in [0.1, 0.15) is 34.1 Å². The first kappa shape index (κ1) is 17.7. The fraction of sp³-hybridized carbons (Fsp3) is 0.846. The Kier molecular flexibility index (Phi) is 8.95. The largest absolute Gasteiger partial charge is 0.409 e. The molecule has 112 valence electrons. The molecule has 6 heteroatoms. The van der Waals surface area contributed by atoms with E-state index in [4.69, 9.17) is 15.7 Å². The van der Waals surface area contributed by atoms with Crippen molar-refractivity contribution >= 4 is 11.7 Å². The molecule has 0 saturated heterocycles. The summed E-state index contributed by atoms with van der Waals surface area (Å²) in [6, 6.07) is 0. The second kappa shape index (κ2) is 9.61. The number of nitrogens with two attached hydrogens (primary N) is 1. The van der Waals surface area contributed by atoms with Gasteiger partial charge in [-0.15, -0.1) is 0 Å². The number of rotatable bonds is 9. The zero-order valence-corrected chi connectivity index (χ0v) is 12.3. The zero-order valence-electron chi connectivity index (χ0n) is 12.3. The Bertz CT molecular complexity index is 291. The molecule has 1 amide bonds. The Morgan fingerprint density at radius 1 is 1.37 bits per heavy atom. The second-order valence-corrected chi connectivity index (χ2v) is 5.36. The number of amides is 1. The smallest absolute Gasteiger partial charge is 0.231 e. The van der Waals surface area contributed by atoms with E-state index in [1.807, 2.05) is 13.8 Å². The third kappa shape index (κ3) is 7.66. The predicted octanol–water partition coefficient (Wildman–Crippen LogP) is 1.18. The van der Waals surface area contributed by atoms with Gasteiger partial charge >= 0.3 is 0 Å². The molecule has 0 aliphatic carbocycles. The van der Waals surface area contributed by atoms with Gasteiger partial charge in [-0.1, -0.05) is 32.9 Å². The number of hydrogen-bond donors (Lipinski definition) is 3. The van der Waals surface area contributed by atoms with Gasteiger partial charge in [-0.25, -0.2) is 0 Å². The van der Waals surface area contributed by atoms with E-state index in [2.05, 4.69) is 24.3 Å². The standard InChI is InChI=1S/C13H27N3O3/c1-9(2)8-19-7-5-6-15-13(17)11(10(3)4)12(14)16-18/h9-11,18H,5-8H2,1-4H3,(H2,14,16)(H,15,17). The van der Waals surface area contributed by atoms with E-state index in [1.165, 1.54) is 0 Å². The van der Waals surface area contributed by atoms with Crippen molar-refractivity contribution in [2.75, 3.05) is 19.8 Å². The quantitative estimate of drug-likeness (QED) is 0.193. The normalized spacial score (nSPS) is 13.9. The number of nitrogens with zero attached hydrogens (tertiary/aromatic N) is 1. The van der Waals surface area contributed by atoms with Gasteiger partial charge < -0.3 is 21.0 Å². The average molecular weight is 273 g/mol. The summed E-state index contributed by atoms with van der Waals surface area (Å²) in [6.07, 6.45) is 0.749. The first-order valence-corrected chi connectivity index (χ1v) is 6.73. The van der Waals surface area contributed by atoms with Crippen molar-refractivity contribution in [1.29, 1.82) is 0 Å². The summed E-state index contributed by atoms with van der Waals surface area (Å²) in [5.41, 5.74) is 5.52. The molecule has 1 unspecified atom stereocenters. The molecule has 0 spiro atoms. The maximum atomic E-state index is 11.9. The highest BCUT2D eigenvalue weighted by Gasteiger charge is 2.26. The minimum Gasteiger partial charge on any atom is -0.409 e. The molecule has 0 bridgehead atoms. The highest BCUT2D eigenvalue weighted by molar-refractivity contribution is 6.02. The van der Waals surface area contributed by atoms with Crippen LogP contribution in [0, 0.1) is 17.8 Å². The van der Waals surface area contributed by atoms with E-state index in [1.54, 1.807) is 0 Å². The number of carbonyl (C=O) groups excluding carboxylic acids is 1. The number of oxime groups is 1. The molecular formula is C13H27N3O3. The maximum Gasteiger partial charge on any atom is 0.231 e. The summed E-state index contributed by atoms with van der Waals surface area (Å²) in [4.78, 5) is 11.9. The van der Waals surface area contributed by atoms with Crippen LogP contribution in [0.15, 0.2) is 5.16 Å². The van der Waals surface area contributed by atoms with Crippen LogP contribution in [-0.2, 0) is 9.53 Å². The van der Waals surface area contributed by atoms with Crippen LogP contribution in [-0.4, -0.2) is 36.7 Å². The van der Waals surface area contributed by atoms with Gasteiger partial charge in [-0.2, -0.15) is 0 Å². The van der Waals surface area contributed by atoms with E-state index >= 15 is 0 Å². The highest BCUT2D eigenvalue weighted by Crippen LogP contribution is 2.11. The van der Waals surface area contributed by atoms with Crippen LogP contribution in [0.5, 0.6) is 0 Å². The predicted molar refractivity (Wildman–Crippen MR) is 75.0 cm³/mol. The lowest BCUT2D eigenvalue weighted by Crippen LogP contribution is -2.42. The van der Waals surface area contributed by atoms with Crippen LogP contribution >= 0.6 is 0 Å². The minimum atomic E-state index is -0.596. The molecule has 0 fully saturated rings. The van der Waals surface area contributed by atoms with Gasteiger partial charge in [-0.3, -0.25) is 4.79 Å². The lowest BCUT2D eigenvalue weighted by atomic mass is 9.94. The molecule has 0 radical (unpaired) electrons. The molecule has 0 aliphatic heterocycles. The monoisotopic (exact) mass is 273 g/mol. The van der Waals surface area contributed by atoms with Crippen LogP contribution < -0.4 is 11.1 Å². The van der Waals surface area contributed by atoms with Crippen molar-refractivity contribution < 1.29 is 14.7 Å². The van der Waals surface area contributed by atoms with Gasteiger partial charge in [-0.05, 0) is 18.3 Å². The van der Waals surface area contributed by atoms with E-state index in [9.17, 15) is 4.79 Å². The van der Waals surface area contributed by atoms with Crippen molar-refractivity contribution in [3.8, 4) is 0 Å². The van der Waals surface area contributed by atoms with E-state index in [0.717, 1.165) is 13.0 Å². The first-order valence-electron chi connectivity index (χ1n) is 6.73. The van der Waals surface area contributed by atoms with Gasteiger partial charge in [0.05, 0.1) is 0 Å². The van der Waals surface area contributed by atoms with Gasteiger partial charge in [0.25, 0.3) is 0 Å². The fourth-order valence-corrected chi connectivity index (χ4v) is 1.66. The number of amidine groups is 1. The van der Waals surface area contributed by atoms with Crippen LogP contribution in [0.2, 0.25) is 0 Å². The van der Waals surface area contributed by atoms with E-state index < -0.39 is 5.92 Å². The SMILES string of the molecule is CC(C)COCCCNC(=O)C(C(N)=NO)C(C)C. The Hall–Kier alpha value is -1.30. The molecular weight excluding hydrogens is 246 g/mol. The number of carbonyl (C=O) groups is 1. The molecule has 4 N–H and O–H groups in total. The number of nitrogens with one attached hydrogen (secondary N) is 1. The highest BCUT2D eigenvalue weighted by atomic mass is 16.5. The Morgan fingerprint density at radius 2 is 2.00 bits per heavy atom. The zero-order chi connectivity index (χ0) is 14.8. The van der Waals surface area contributed by atoms with E-state index in [-0.39, 0.29) is 17.7 Å². The lowest BCUT2D eigenvalue weighted by molar-refractivity contribution is -0.124. The van der Waals surface area contributed by atoms with Crippen LogP contribution in [0.3, 0.4) is 0 Å². The van der Waals surface area contributed by atoms with Crippen molar-refractivity contribution in [3.63, 3.8) is 0 Å². The van der Waals surface area contributed by atoms with Gasteiger partial charge in [0.1, 0.15) is 5.92 Å². The van der Waals surface area contributed by atoms with Crippen molar-refractivity contribution in [2.24, 2.45) is 28.6 Å².